The van der Waals surface area contributed by atoms with Crippen LogP contribution >= 0.6 is 0 Å². The Morgan fingerprint density at radius 2 is 1.92 bits per heavy atom. The highest BCUT2D eigenvalue weighted by Crippen LogP contribution is 2.30. The molecule has 8 nitrogen and oxygen atoms in total. The van der Waals surface area contributed by atoms with E-state index in [0.29, 0.717) is 38.9 Å². The third-order valence-electron chi connectivity index (χ3n) is 5.57. The zero-order valence-electron chi connectivity index (χ0n) is 15.5. The molecule has 0 atom stereocenters. The Balaban J connectivity index is 1.61. The van der Waals surface area contributed by atoms with Crippen LogP contribution in [0.1, 0.15) is 36.2 Å². The number of likely N-dealkylation sites (tertiary alicyclic amines) is 1. The van der Waals surface area contributed by atoms with E-state index in [1.807, 2.05) is 25.5 Å². The molecule has 1 saturated heterocycles. The van der Waals surface area contributed by atoms with Crippen molar-refractivity contribution < 1.29 is 14.7 Å². The van der Waals surface area contributed by atoms with Crippen molar-refractivity contribution in [2.24, 2.45) is 0 Å². The van der Waals surface area contributed by atoms with Crippen LogP contribution in [0.2, 0.25) is 0 Å². The maximum absolute atomic E-state index is 12.6. The molecule has 0 saturated carbocycles. The second-order valence-electron chi connectivity index (χ2n) is 6.94. The molecule has 0 unspecified atom stereocenters. The van der Waals surface area contributed by atoms with Crippen LogP contribution in [0.25, 0.3) is 0 Å². The molecule has 8 heteroatoms. The summed E-state index contributed by atoms with van der Waals surface area (Å²) >= 11 is 0. The number of rotatable bonds is 5. The average Bonchev–Trinajstić information content (AvgIpc) is 3.25. The molecular weight excluding hydrogens is 334 g/mol. The van der Waals surface area contributed by atoms with Crippen molar-refractivity contribution in [2.75, 3.05) is 13.1 Å². The topological polar surface area (TPSA) is 93.3 Å². The summed E-state index contributed by atoms with van der Waals surface area (Å²) in [6, 6.07) is 1.72. The quantitative estimate of drug-likeness (QED) is 0.873. The monoisotopic (exact) mass is 359 g/mol. The zero-order chi connectivity index (χ0) is 18.9. The third-order valence-corrected chi connectivity index (χ3v) is 5.57. The van der Waals surface area contributed by atoms with E-state index in [0.717, 1.165) is 17.0 Å². The van der Waals surface area contributed by atoms with Gasteiger partial charge in [-0.3, -0.25) is 14.2 Å². The molecule has 0 radical (unpaired) electrons. The van der Waals surface area contributed by atoms with Crippen LogP contribution < -0.4 is 0 Å². The number of carboxylic acids is 1. The Bertz CT molecular complexity index is 801. The van der Waals surface area contributed by atoms with Crippen molar-refractivity contribution in [1.29, 1.82) is 0 Å². The van der Waals surface area contributed by atoms with Gasteiger partial charge in [0.25, 0.3) is 0 Å². The lowest BCUT2D eigenvalue weighted by Gasteiger charge is -2.39. The summed E-state index contributed by atoms with van der Waals surface area (Å²) in [5, 5.41) is 18.3. The standard InChI is InChI=1S/C18H25N5O3/c1-13-14(2)20-22(15(13)3)10-5-16(24)21-11-6-18(7-12-21,17(25)26)23-9-4-8-19-23/h4,8-9H,5-7,10-12H2,1-3H3,(H,25,26). The first-order valence-corrected chi connectivity index (χ1v) is 8.87. The molecule has 0 spiro atoms. The van der Waals surface area contributed by atoms with E-state index >= 15 is 0 Å². The summed E-state index contributed by atoms with van der Waals surface area (Å²) in [6.45, 7) is 7.38. The Kier molecular flexibility index (Phi) is 4.84. The summed E-state index contributed by atoms with van der Waals surface area (Å²) in [6.07, 6.45) is 4.34. The van der Waals surface area contributed by atoms with Crippen LogP contribution in [0, 0.1) is 20.8 Å². The number of aliphatic carboxylic acids is 1. The maximum Gasteiger partial charge on any atom is 0.331 e. The lowest BCUT2D eigenvalue weighted by Crippen LogP contribution is -2.52. The van der Waals surface area contributed by atoms with Gasteiger partial charge in [-0.15, -0.1) is 0 Å². The molecule has 3 rings (SSSR count). The molecule has 1 aliphatic heterocycles. The smallest absolute Gasteiger partial charge is 0.331 e. The molecule has 3 heterocycles. The molecule has 2 aromatic rings. The fraction of sp³-hybridized carbons (Fsp3) is 0.556. The number of aromatic nitrogens is 4. The molecule has 26 heavy (non-hydrogen) atoms. The summed E-state index contributed by atoms with van der Waals surface area (Å²) in [5.41, 5.74) is 2.16. The van der Waals surface area contributed by atoms with Gasteiger partial charge in [-0.2, -0.15) is 10.2 Å². The van der Waals surface area contributed by atoms with E-state index in [1.54, 1.807) is 23.4 Å². The predicted molar refractivity (Wildman–Crippen MR) is 94.7 cm³/mol. The van der Waals surface area contributed by atoms with Crippen LogP contribution in [0.5, 0.6) is 0 Å². The molecule has 1 fully saturated rings. The normalized spacial score (nSPS) is 16.7. The SMILES string of the molecule is Cc1nn(CCC(=O)N2CCC(C(=O)O)(n3cccn3)CC2)c(C)c1C. The van der Waals surface area contributed by atoms with E-state index in [4.69, 9.17) is 0 Å². The van der Waals surface area contributed by atoms with Crippen molar-refractivity contribution in [1.82, 2.24) is 24.5 Å². The zero-order valence-corrected chi connectivity index (χ0v) is 15.5. The third kappa shape index (κ3) is 3.11. The van der Waals surface area contributed by atoms with E-state index in [-0.39, 0.29) is 5.91 Å². The van der Waals surface area contributed by atoms with Crippen LogP contribution in [0.3, 0.4) is 0 Å². The molecule has 1 amide bonds. The highest BCUT2D eigenvalue weighted by Gasteiger charge is 2.44. The van der Waals surface area contributed by atoms with Crippen LogP contribution in [0.4, 0.5) is 0 Å². The first kappa shape index (κ1) is 18.2. The van der Waals surface area contributed by atoms with Crippen molar-refractivity contribution in [3.63, 3.8) is 0 Å². The molecular formula is C18H25N5O3. The molecule has 140 valence electrons. The highest BCUT2D eigenvalue weighted by atomic mass is 16.4. The molecule has 0 bridgehead atoms. The average molecular weight is 359 g/mol. The minimum absolute atomic E-state index is 0.0367. The Labute approximate surface area is 152 Å². The van der Waals surface area contributed by atoms with Gasteiger partial charge in [-0.25, -0.2) is 4.79 Å². The maximum atomic E-state index is 12.6. The van der Waals surface area contributed by atoms with Crippen molar-refractivity contribution in [3.05, 3.63) is 35.4 Å². The molecule has 0 aliphatic carbocycles. The Morgan fingerprint density at radius 3 is 2.42 bits per heavy atom. The van der Waals surface area contributed by atoms with Gasteiger partial charge in [-0.1, -0.05) is 0 Å². The molecule has 2 aromatic heterocycles. The minimum atomic E-state index is -1.06. The van der Waals surface area contributed by atoms with E-state index in [1.165, 1.54) is 4.68 Å². The van der Waals surface area contributed by atoms with E-state index in [2.05, 4.69) is 10.2 Å². The van der Waals surface area contributed by atoms with E-state index < -0.39 is 11.5 Å². The largest absolute Gasteiger partial charge is 0.479 e. The first-order chi connectivity index (χ1) is 12.3. The summed E-state index contributed by atoms with van der Waals surface area (Å²) in [4.78, 5) is 26.2. The van der Waals surface area contributed by atoms with Crippen molar-refractivity contribution in [3.8, 4) is 0 Å². The van der Waals surface area contributed by atoms with Crippen LogP contribution in [-0.4, -0.2) is 54.5 Å². The number of hydrogen-bond acceptors (Lipinski definition) is 4. The number of carbonyl (C=O) groups is 2. The van der Waals surface area contributed by atoms with Gasteiger partial charge in [0.05, 0.1) is 5.69 Å². The van der Waals surface area contributed by atoms with Crippen molar-refractivity contribution >= 4 is 11.9 Å². The van der Waals surface area contributed by atoms with Gasteiger partial charge in [-0.05, 0) is 32.4 Å². The van der Waals surface area contributed by atoms with Gasteiger partial charge in [0.2, 0.25) is 5.91 Å². The fourth-order valence-electron chi connectivity index (χ4n) is 3.55. The number of hydrogen-bond donors (Lipinski definition) is 1. The number of carboxylic acid groups (broad SMARTS) is 1. The Hall–Kier alpha value is -2.64. The Morgan fingerprint density at radius 1 is 1.23 bits per heavy atom. The van der Waals surface area contributed by atoms with Crippen LogP contribution in [-0.2, 0) is 21.7 Å². The van der Waals surface area contributed by atoms with Crippen LogP contribution in [0.15, 0.2) is 18.5 Å². The summed E-state index contributed by atoms with van der Waals surface area (Å²) in [7, 11) is 0. The molecule has 0 aromatic carbocycles. The first-order valence-electron chi connectivity index (χ1n) is 8.87. The van der Waals surface area contributed by atoms with Gasteiger partial charge in [0.1, 0.15) is 0 Å². The summed E-state index contributed by atoms with van der Waals surface area (Å²) in [5.74, 6) is -0.860. The number of carbonyl (C=O) groups excluding carboxylic acids is 1. The predicted octanol–water partition coefficient (Wildman–Crippen LogP) is 1.50. The van der Waals surface area contributed by atoms with Crippen molar-refractivity contribution in [2.45, 2.75) is 52.1 Å². The van der Waals surface area contributed by atoms with Gasteiger partial charge >= 0.3 is 5.97 Å². The number of piperidine rings is 1. The highest BCUT2D eigenvalue weighted by molar-refractivity contribution is 5.79. The molecule has 1 N–H and O–H groups in total. The minimum Gasteiger partial charge on any atom is -0.479 e. The van der Waals surface area contributed by atoms with Gasteiger partial charge in [0.15, 0.2) is 5.54 Å². The van der Waals surface area contributed by atoms with E-state index in [9.17, 15) is 14.7 Å². The lowest BCUT2D eigenvalue weighted by molar-refractivity contribution is -0.153. The lowest BCUT2D eigenvalue weighted by atomic mass is 9.87. The summed E-state index contributed by atoms with van der Waals surface area (Å²) < 4.78 is 3.38. The van der Waals surface area contributed by atoms with Gasteiger partial charge < -0.3 is 10.0 Å². The second-order valence-corrected chi connectivity index (χ2v) is 6.94. The number of aryl methyl sites for hydroxylation is 2. The number of nitrogens with zero attached hydrogens (tertiary/aromatic N) is 5. The number of amides is 1. The second kappa shape index (κ2) is 6.93. The van der Waals surface area contributed by atoms with Gasteiger partial charge in [0, 0.05) is 57.0 Å². The molecule has 1 aliphatic rings. The fourth-order valence-corrected chi connectivity index (χ4v) is 3.55.